The van der Waals surface area contributed by atoms with Crippen molar-refractivity contribution in [3.63, 3.8) is 0 Å². The quantitative estimate of drug-likeness (QED) is 0.476. The molecular weight excluding hydrogens is 396 g/mol. The Labute approximate surface area is 149 Å². The molecule has 0 bridgehead atoms. The number of non-ortho nitro benzene ring substituents is 1. The maximum Gasteiger partial charge on any atom is 0.416 e. The van der Waals surface area contributed by atoms with Crippen molar-refractivity contribution in [1.82, 2.24) is 0 Å². The number of benzene rings is 2. The summed E-state index contributed by atoms with van der Waals surface area (Å²) in [6.07, 6.45) is -4.04. The fraction of sp³-hybridized carbons (Fsp3) is 0.133. The van der Waals surface area contributed by atoms with E-state index in [1.807, 2.05) is 5.32 Å². The predicted molar refractivity (Wildman–Crippen MR) is 85.6 cm³/mol. The normalized spacial score (nSPS) is 11.9. The molecule has 0 saturated carbocycles. The number of alkyl halides is 3. The van der Waals surface area contributed by atoms with Gasteiger partial charge in [0.05, 0.1) is 21.1 Å². The summed E-state index contributed by atoms with van der Waals surface area (Å²) in [7, 11) is -3.93. The van der Waals surface area contributed by atoms with Crippen molar-refractivity contribution in [3.05, 3.63) is 63.5 Å². The van der Waals surface area contributed by atoms with Crippen LogP contribution in [0.15, 0.2) is 41.3 Å². The standard InChI is InChI=1S/C15H10F4N2O5S/c1-27(25,26)11-5-8(4-10(7-11)21(23)24)14(22)20-13-6-9(15(17,18)19)2-3-12(13)16/h2-7H,1H3,(H,20,22). The molecule has 27 heavy (non-hydrogen) atoms. The van der Waals surface area contributed by atoms with Crippen molar-refractivity contribution in [2.75, 3.05) is 11.6 Å². The summed E-state index contributed by atoms with van der Waals surface area (Å²) in [6.45, 7) is 0. The summed E-state index contributed by atoms with van der Waals surface area (Å²) < 4.78 is 75.1. The monoisotopic (exact) mass is 406 g/mol. The van der Waals surface area contributed by atoms with Crippen LogP contribution >= 0.6 is 0 Å². The highest BCUT2D eigenvalue weighted by molar-refractivity contribution is 7.90. The zero-order valence-electron chi connectivity index (χ0n) is 13.4. The fourth-order valence-electron chi connectivity index (χ4n) is 2.03. The molecule has 0 heterocycles. The number of nitrogens with one attached hydrogen (secondary N) is 1. The lowest BCUT2D eigenvalue weighted by Gasteiger charge is -2.11. The Balaban J connectivity index is 2.47. The summed E-state index contributed by atoms with van der Waals surface area (Å²) in [5.74, 6) is -2.40. The van der Waals surface area contributed by atoms with Crippen LogP contribution in [0.4, 0.5) is 28.9 Å². The van der Waals surface area contributed by atoms with Crippen molar-refractivity contribution in [1.29, 1.82) is 0 Å². The average Bonchev–Trinajstić information content (AvgIpc) is 2.54. The zero-order valence-corrected chi connectivity index (χ0v) is 14.2. The molecule has 2 rings (SSSR count). The van der Waals surface area contributed by atoms with Crippen LogP contribution in [-0.2, 0) is 16.0 Å². The number of anilines is 1. The van der Waals surface area contributed by atoms with Crippen molar-refractivity contribution in [3.8, 4) is 0 Å². The molecule has 0 atom stereocenters. The van der Waals surface area contributed by atoms with E-state index in [9.17, 15) is 40.9 Å². The van der Waals surface area contributed by atoms with Gasteiger partial charge in [0.2, 0.25) is 0 Å². The number of carbonyl (C=O) groups is 1. The van der Waals surface area contributed by atoms with Gasteiger partial charge in [-0.05, 0) is 24.3 Å². The molecule has 0 aliphatic carbocycles. The molecule has 0 fully saturated rings. The number of nitro benzene ring substituents is 1. The number of sulfone groups is 1. The highest BCUT2D eigenvalue weighted by atomic mass is 32.2. The zero-order chi connectivity index (χ0) is 20.6. The van der Waals surface area contributed by atoms with Crippen LogP contribution in [0, 0.1) is 15.9 Å². The third-order valence-electron chi connectivity index (χ3n) is 3.33. The van der Waals surface area contributed by atoms with Gasteiger partial charge in [-0.2, -0.15) is 13.2 Å². The lowest BCUT2D eigenvalue weighted by Crippen LogP contribution is -2.15. The van der Waals surface area contributed by atoms with Crippen molar-refractivity contribution >= 4 is 27.1 Å². The van der Waals surface area contributed by atoms with Gasteiger partial charge < -0.3 is 5.32 Å². The number of amides is 1. The Kier molecular flexibility index (Phi) is 5.22. The smallest absolute Gasteiger partial charge is 0.319 e. The molecule has 0 radical (unpaired) electrons. The van der Waals surface area contributed by atoms with E-state index in [0.717, 1.165) is 24.5 Å². The highest BCUT2D eigenvalue weighted by Gasteiger charge is 2.31. The maximum atomic E-state index is 13.7. The van der Waals surface area contributed by atoms with Gasteiger partial charge >= 0.3 is 6.18 Å². The number of rotatable bonds is 4. The van der Waals surface area contributed by atoms with Gasteiger partial charge in [0.25, 0.3) is 11.6 Å². The van der Waals surface area contributed by atoms with Gasteiger partial charge in [-0.25, -0.2) is 12.8 Å². The SMILES string of the molecule is CS(=O)(=O)c1cc(C(=O)Nc2cc(C(F)(F)F)ccc2F)cc([N+](=O)[O-])c1. The van der Waals surface area contributed by atoms with Gasteiger partial charge in [-0.1, -0.05) is 0 Å². The summed E-state index contributed by atoms with van der Waals surface area (Å²) in [4.78, 5) is 21.6. The van der Waals surface area contributed by atoms with Gasteiger partial charge in [0.15, 0.2) is 9.84 Å². The second kappa shape index (κ2) is 6.95. The fourth-order valence-corrected chi connectivity index (χ4v) is 2.70. The van der Waals surface area contributed by atoms with E-state index in [4.69, 9.17) is 0 Å². The first kappa shape index (κ1) is 20.3. The van der Waals surface area contributed by atoms with E-state index >= 15 is 0 Å². The Morgan fingerprint density at radius 2 is 1.78 bits per heavy atom. The molecule has 1 N–H and O–H groups in total. The number of carbonyl (C=O) groups excluding carboxylic acids is 1. The Hall–Kier alpha value is -3.02. The van der Waals surface area contributed by atoms with Crippen LogP contribution < -0.4 is 5.32 Å². The molecule has 0 aromatic heterocycles. The van der Waals surface area contributed by atoms with E-state index in [0.29, 0.717) is 18.2 Å². The van der Waals surface area contributed by atoms with Gasteiger partial charge in [-0.15, -0.1) is 0 Å². The van der Waals surface area contributed by atoms with Crippen LogP contribution in [0.1, 0.15) is 15.9 Å². The van der Waals surface area contributed by atoms with Crippen molar-refractivity contribution in [2.45, 2.75) is 11.1 Å². The van der Waals surface area contributed by atoms with Crippen LogP contribution in [0.5, 0.6) is 0 Å². The van der Waals surface area contributed by atoms with Gasteiger partial charge in [0, 0.05) is 24.0 Å². The summed E-state index contributed by atoms with van der Waals surface area (Å²) in [5, 5.41) is 12.8. The highest BCUT2D eigenvalue weighted by Crippen LogP contribution is 2.32. The van der Waals surface area contributed by atoms with E-state index in [1.54, 1.807) is 0 Å². The molecule has 1 amide bonds. The first-order valence-electron chi connectivity index (χ1n) is 6.96. The lowest BCUT2D eigenvalue weighted by atomic mass is 10.1. The third-order valence-corrected chi connectivity index (χ3v) is 4.43. The van der Waals surface area contributed by atoms with E-state index in [-0.39, 0.29) is 0 Å². The first-order valence-corrected chi connectivity index (χ1v) is 8.86. The second-order valence-corrected chi connectivity index (χ2v) is 7.41. The molecule has 0 aliphatic rings. The van der Waals surface area contributed by atoms with Crippen LogP contribution in [0.25, 0.3) is 0 Å². The molecule has 0 unspecified atom stereocenters. The minimum absolute atomic E-state index is 0.349. The molecule has 12 heteroatoms. The van der Waals surface area contributed by atoms with Crippen LogP contribution in [-0.4, -0.2) is 25.5 Å². The molecule has 2 aromatic carbocycles. The molecule has 144 valence electrons. The van der Waals surface area contributed by atoms with E-state index in [1.165, 1.54) is 0 Å². The van der Waals surface area contributed by atoms with E-state index in [2.05, 4.69) is 0 Å². The molecule has 0 aliphatic heterocycles. The molecule has 0 saturated heterocycles. The van der Waals surface area contributed by atoms with Crippen LogP contribution in [0.2, 0.25) is 0 Å². The lowest BCUT2D eigenvalue weighted by molar-refractivity contribution is -0.385. The number of nitro groups is 1. The predicted octanol–water partition coefficient (Wildman–Crippen LogP) is 3.41. The Morgan fingerprint density at radius 3 is 2.30 bits per heavy atom. The molecule has 7 nitrogen and oxygen atoms in total. The summed E-state index contributed by atoms with van der Waals surface area (Å²) in [5.41, 5.74) is -3.31. The average molecular weight is 406 g/mol. The van der Waals surface area contributed by atoms with Gasteiger partial charge in [0.1, 0.15) is 5.82 Å². The Bertz CT molecular complexity index is 1030. The topological polar surface area (TPSA) is 106 Å². The Morgan fingerprint density at radius 1 is 1.15 bits per heavy atom. The van der Waals surface area contributed by atoms with Crippen LogP contribution in [0.3, 0.4) is 0 Å². The summed E-state index contributed by atoms with van der Waals surface area (Å²) >= 11 is 0. The van der Waals surface area contributed by atoms with E-state index < -0.39 is 60.1 Å². The third kappa shape index (κ3) is 4.78. The number of nitrogens with zero attached hydrogens (tertiary/aromatic N) is 1. The number of hydrogen-bond acceptors (Lipinski definition) is 5. The largest absolute Gasteiger partial charge is 0.416 e. The van der Waals surface area contributed by atoms with Gasteiger partial charge in [-0.3, -0.25) is 14.9 Å². The van der Waals surface area contributed by atoms with Crippen molar-refractivity contribution < 1.29 is 35.7 Å². The minimum atomic E-state index is -4.79. The minimum Gasteiger partial charge on any atom is -0.319 e. The second-order valence-electron chi connectivity index (χ2n) is 5.39. The van der Waals surface area contributed by atoms with Crippen molar-refractivity contribution in [2.24, 2.45) is 0 Å². The summed E-state index contributed by atoms with van der Waals surface area (Å²) in [6, 6.07) is 3.55. The molecule has 0 spiro atoms. The first-order chi connectivity index (χ1) is 12.3. The molecule has 2 aromatic rings. The number of halogens is 4. The number of hydrogen-bond donors (Lipinski definition) is 1. The molecular formula is C15H10F4N2O5S. The maximum absolute atomic E-state index is 13.7.